The summed E-state index contributed by atoms with van der Waals surface area (Å²) in [4.78, 5) is 21.6. The molecule has 0 aliphatic rings. The van der Waals surface area contributed by atoms with Crippen LogP contribution in [-0.4, -0.2) is 54.1 Å². The van der Waals surface area contributed by atoms with Gasteiger partial charge in [0.25, 0.3) is 5.56 Å². The SMILES string of the molecule is CCCCCCCCCCCCCCCCOCCCOP(=O)(CCC[NH2+]Cc1c[nH]c2c(=O)[nH]cnc12)OCC. The zero-order valence-corrected chi connectivity index (χ0v) is 26.8. The van der Waals surface area contributed by atoms with Crippen molar-refractivity contribution < 1.29 is 23.7 Å². The Morgan fingerprint density at radius 1 is 0.780 bits per heavy atom. The number of unbranched alkanes of at least 4 members (excludes halogenated alkanes) is 13. The lowest BCUT2D eigenvalue weighted by Crippen LogP contribution is -2.82. The van der Waals surface area contributed by atoms with E-state index in [4.69, 9.17) is 13.8 Å². The van der Waals surface area contributed by atoms with Crippen LogP contribution in [0.3, 0.4) is 0 Å². The summed E-state index contributed by atoms with van der Waals surface area (Å²) in [6.07, 6.45) is 24.1. The number of hydrogen-bond donors (Lipinski definition) is 3. The Hall–Kier alpha value is -1.51. The third-order valence-electron chi connectivity index (χ3n) is 7.44. The van der Waals surface area contributed by atoms with E-state index in [0.717, 1.165) is 25.1 Å². The number of ether oxygens (including phenoxy) is 1. The van der Waals surface area contributed by atoms with Crippen molar-refractivity contribution in [3.05, 3.63) is 28.4 Å². The molecule has 0 aliphatic heterocycles. The number of quaternary nitrogens is 1. The summed E-state index contributed by atoms with van der Waals surface area (Å²) in [6, 6.07) is 0. The van der Waals surface area contributed by atoms with Crippen molar-refractivity contribution in [1.29, 1.82) is 0 Å². The molecule has 4 N–H and O–H groups in total. The van der Waals surface area contributed by atoms with Crippen molar-refractivity contribution in [2.75, 3.05) is 39.1 Å². The second kappa shape index (κ2) is 23.0. The molecule has 9 nitrogen and oxygen atoms in total. The number of nitrogens with two attached hydrogens (primary N) is 1. The average molecular weight is 598 g/mol. The smallest absolute Gasteiger partial charge is 0.330 e. The molecule has 10 heteroatoms. The molecule has 0 aliphatic carbocycles. The number of H-pyrrole nitrogens is 2. The van der Waals surface area contributed by atoms with Crippen molar-refractivity contribution in [3.8, 4) is 0 Å². The van der Waals surface area contributed by atoms with E-state index in [1.807, 2.05) is 13.1 Å². The number of aromatic amines is 2. The monoisotopic (exact) mass is 597 g/mol. The van der Waals surface area contributed by atoms with E-state index in [-0.39, 0.29) is 5.56 Å². The summed E-state index contributed by atoms with van der Waals surface area (Å²) in [7, 11) is -3.10. The van der Waals surface area contributed by atoms with E-state index >= 15 is 0 Å². The predicted octanol–water partition coefficient (Wildman–Crippen LogP) is 6.84. The van der Waals surface area contributed by atoms with Gasteiger partial charge in [0.05, 0.1) is 37.8 Å². The number of nitrogens with zero attached hydrogens (tertiary/aromatic N) is 1. The first-order valence-electron chi connectivity index (χ1n) is 16.4. The van der Waals surface area contributed by atoms with Gasteiger partial charge >= 0.3 is 7.60 Å². The summed E-state index contributed by atoms with van der Waals surface area (Å²) < 4.78 is 30.0. The molecule has 236 valence electrons. The highest BCUT2D eigenvalue weighted by atomic mass is 31.2. The van der Waals surface area contributed by atoms with E-state index in [1.54, 1.807) is 0 Å². The molecule has 41 heavy (non-hydrogen) atoms. The predicted molar refractivity (Wildman–Crippen MR) is 168 cm³/mol. The molecule has 2 rings (SSSR count). The van der Waals surface area contributed by atoms with Crippen LogP contribution in [0.1, 0.15) is 122 Å². The lowest BCUT2D eigenvalue weighted by atomic mass is 10.0. The molecule has 1 atom stereocenters. The minimum atomic E-state index is -3.10. The summed E-state index contributed by atoms with van der Waals surface area (Å²) in [5.41, 5.74) is 1.99. The molecule has 0 fully saturated rings. The summed E-state index contributed by atoms with van der Waals surface area (Å²) in [6.45, 7) is 7.75. The Morgan fingerprint density at radius 3 is 2.07 bits per heavy atom. The molecule has 2 aromatic rings. The van der Waals surface area contributed by atoms with Gasteiger partial charge in [-0.1, -0.05) is 90.4 Å². The second-order valence-corrected chi connectivity index (χ2v) is 13.2. The molecule has 0 radical (unpaired) electrons. The van der Waals surface area contributed by atoms with Gasteiger partial charge in [0, 0.05) is 25.8 Å². The summed E-state index contributed by atoms with van der Waals surface area (Å²) in [5, 5.41) is 2.12. The zero-order valence-electron chi connectivity index (χ0n) is 25.9. The minimum Gasteiger partial charge on any atom is -0.381 e. The Kier molecular flexibility index (Phi) is 20.0. The Morgan fingerprint density at radius 2 is 1.41 bits per heavy atom. The van der Waals surface area contributed by atoms with Crippen LogP contribution in [0, 0.1) is 0 Å². The second-order valence-electron chi connectivity index (χ2n) is 11.1. The van der Waals surface area contributed by atoms with Crippen LogP contribution in [0.2, 0.25) is 0 Å². The van der Waals surface area contributed by atoms with E-state index in [0.29, 0.717) is 56.4 Å². The Bertz CT molecular complexity index is 1010. The van der Waals surface area contributed by atoms with Crippen LogP contribution < -0.4 is 10.9 Å². The van der Waals surface area contributed by atoms with Gasteiger partial charge in [0.1, 0.15) is 17.6 Å². The van der Waals surface area contributed by atoms with Crippen LogP contribution >= 0.6 is 7.60 Å². The molecule has 0 saturated carbocycles. The third-order valence-corrected chi connectivity index (χ3v) is 9.53. The van der Waals surface area contributed by atoms with Crippen LogP contribution in [0.25, 0.3) is 11.0 Å². The van der Waals surface area contributed by atoms with Crippen molar-refractivity contribution in [3.63, 3.8) is 0 Å². The van der Waals surface area contributed by atoms with E-state index in [9.17, 15) is 9.36 Å². The minimum absolute atomic E-state index is 0.170. The first kappa shape index (κ1) is 35.7. The van der Waals surface area contributed by atoms with Gasteiger partial charge in [-0.2, -0.15) is 0 Å². The Balaban J connectivity index is 1.40. The molecule has 0 aromatic carbocycles. The number of aromatic nitrogens is 3. The van der Waals surface area contributed by atoms with Gasteiger partial charge in [0.2, 0.25) is 0 Å². The highest BCUT2D eigenvalue weighted by Crippen LogP contribution is 2.48. The number of hydrogen-bond acceptors (Lipinski definition) is 6. The topological polar surface area (TPSA) is 123 Å². The molecule has 0 amide bonds. The van der Waals surface area contributed by atoms with Gasteiger partial charge in [-0.3, -0.25) is 9.36 Å². The fourth-order valence-electron chi connectivity index (χ4n) is 5.08. The number of nitrogens with one attached hydrogen (secondary N) is 2. The largest absolute Gasteiger partial charge is 0.381 e. The maximum atomic E-state index is 13.0. The maximum Gasteiger partial charge on any atom is 0.330 e. The Labute approximate surface area is 247 Å². The lowest BCUT2D eigenvalue weighted by molar-refractivity contribution is -0.670. The number of fused-ring (bicyclic) bond motifs is 1. The third kappa shape index (κ3) is 16.1. The van der Waals surface area contributed by atoms with Crippen LogP contribution in [0.4, 0.5) is 0 Å². The molecule has 0 spiro atoms. The van der Waals surface area contributed by atoms with Crippen LogP contribution in [0.5, 0.6) is 0 Å². The molecule has 0 bridgehead atoms. The molecular formula is C31H58N4O5P+. The summed E-state index contributed by atoms with van der Waals surface area (Å²) >= 11 is 0. The molecule has 1 unspecified atom stereocenters. The number of rotatable bonds is 28. The highest BCUT2D eigenvalue weighted by molar-refractivity contribution is 7.53. The summed E-state index contributed by atoms with van der Waals surface area (Å²) in [5.74, 6) is 0. The van der Waals surface area contributed by atoms with E-state index < -0.39 is 7.60 Å². The van der Waals surface area contributed by atoms with E-state index in [1.165, 1.54) is 89.8 Å². The maximum absolute atomic E-state index is 13.0. The van der Waals surface area contributed by atoms with Crippen molar-refractivity contribution >= 4 is 18.6 Å². The molecule has 2 heterocycles. The van der Waals surface area contributed by atoms with Crippen LogP contribution in [-0.2, 0) is 24.9 Å². The first-order valence-corrected chi connectivity index (χ1v) is 18.1. The van der Waals surface area contributed by atoms with Crippen molar-refractivity contribution in [2.24, 2.45) is 0 Å². The fourth-order valence-corrected chi connectivity index (χ4v) is 6.78. The zero-order chi connectivity index (χ0) is 29.4. The quantitative estimate of drug-likeness (QED) is 0.0729. The molecular weight excluding hydrogens is 539 g/mol. The van der Waals surface area contributed by atoms with Crippen molar-refractivity contribution in [1.82, 2.24) is 15.0 Å². The van der Waals surface area contributed by atoms with Gasteiger partial charge in [0.15, 0.2) is 0 Å². The lowest BCUT2D eigenvalue weighted by Gasteiger charge is -2.17. The standard InChI is InChI=1S/C31H57N4O5P/c1-3-5-6-7-8-9-10-11-12-13-14-15-16-17-21-38-22-19-23-40-41(37,39-4-2)24-18-20-32-25-28-26-33-30-29(28)34-27-35-31(30)36/h26-27,32-33H,3-25H2,1-2H3,(H,34,35,36)/p+1. The van der Waals surface area contributed by atoms with E-state index in [2.05, 4.69) is 27.2 Å². The molecule has 0 saturated heterocycles. The van der Waals surface area contributed by atoms with Crippen molar-refractivity contribution in [2.45, 2.75) is 123 Å². The van der Waals surface area contributed by atoms with Gasteiger partial charge < -0.3 is 29.1 Å². The highest BCUT2D eigenvalue weighted by Gasteiger charge is 2.23. The first-order chi connectivity index (χ1) is 20.1. The average Bonchev–Trinajstić information content (AvgIpc) is 3.38. The molecule has 2 aromatic heterocycles. The van der Waals surface area contributed by atoms with Gasteiger partial charge in [-0.25, -0.2) is 4.98 Å². The van der Waals surface area contributed by atoms with Crippen LogP contribution in [0.15, 0.2) is 17.3 Å². The normalized spacial score (nSPS) is 13.2. The van der Waals surface area contributed by atoms with Gasteiger partial charge in [-0.15, -0.1) is 0 Å². The van der Waals surface area contributed by atoms with Gasteiger partial charge in [-0.05, 0) is 19.8 Å². The fraction of sp³-hybridized carbons (Fsp3) is 0.806.